The number of aromatic nitrogens is 3. The number of aliphatic hydroxyl groups is 1. The number of hydrogen-bond acceptors (Lipinski definition) is 9. The standard InChI is InChI=1S/C33H36Cl2N6O5/c1-5-26(42)38-22-8-6-20(7-9-22)10-13-41-30-21(18-36-32(39-30)37-19-33(44)11-14-40(2)15-12-33)16-23(31(41)43)27-28(34)24(45-3)17-25(46-4)29(27)35/h5-9,16-18,44H,1,10-15,19H2,2-4H3,(H,38,42)(H,36,37,39). The van der Waals surface area contributed by atoms with Gasteiger partial charge in [0.2, 0.25) is 11.9 Å². The molecule has 5 rings (SSSR count). The number of hydrogen-bond donors (Lipinski definition) is 3. The van der Waals surface area contributed by atoms with Gasteiger partial charge in [-0.15, -0.1) is 0 Å². The maximum atomic E-state index is 14.3. The van der Waals surface area contributed by atoms with Crippen molar-refractivity contribution in [2.45, 2.75) is 31.4 Å². The van der Waals surface area contributed by atoms with Crippen LogP contribution in [0.4, 0.5) is 11.6 Å². The van der Waals surface area contributed by atoms with Crippen LogP contribution in [0, 0.1) is 0 Å². The van der Waals surface area contributed by atoms with Crippen molar-refractivity contribution in [3.8, 4) is 22.6 Å². The molecule has 1 amide bonds. The first-order valence-electron chi connectivity index (χ1n) is 14.7. The van der Waals surface area contributed by atoms with Crippen LogP contribution in [0.2, 0.25) is 10.0 Å². The molecule has 1 aliphatic heterocycles. The fraction of sp³-hybridized carbons (Fsp3) is 0.333. The molecule has 3 heterocycles. The minimum absolute atomic E-state index is 0.166. The molecule has 0 radical (unpaired) electrons. The zero-order chi connectivity index (χ0) is 33.0. The van der Waals surface area contributed by atoms with Gasteiger partial charge < -0.3 is 30.1 Å². The van der Waals surface area contributed by atoms with Crippen LogP contribution in [0.25, 0.3) is 22.2 Å². The molecule has 1 fully saturated rings. The van der Waals surface area contributed by atoms with Gasteiger partial charge in [-0.05, 0) is 56.1 Å². The van der Waals surface area contributed by atoms with Gasteiger partial charge in [-0.3, -0.25) is 14.2 Å². The number of ether oxygens (including phenoxy) is 2. The number of methoxy groups -OCH3 is 2. The quantitative estimate of drug-likeness (QED) is 0.189. The van der Waals surface area contributed by atoms with Gasteiger partial charge in [0.15, 0.2) is 0 Å². The predicted molar refractivity (Wildman–Crippen MR) is 182 cm³/mol. The van der Waals surface area contributed by atoms with E-state index in [1.807, 2.05) is 19.2 Å². The fourth-order valence-electron chi connectivity index (χ4n) is 5.40. The van der Waals surface area contributed by atoms with E-state index in [9.17, 15) is 14.7 Å². The summed E-state index contributed by atoms with van der Waals surface area (Å²) in [6.45, 7) is 5.59. The Labute approximate surface area is 276 Å². The minimum Gasteiger partial charge on any atom is -0.495 e. The summed E-state index contributed by atoms with van der Waals surface area (Å²) >= 11 is 13.5. The highest BCUT2D eigenvalue weighted by atomic mass is 35.5. The first-order chi connectivity index (χ1) is 22.1. The first-order valence-corrected chi connectivity index (χ1v) is 15.5. The van der Waals surface area contributed by atoms with Gasteiger partial charge in [0.05, 0.1) is 35.4 Å². The van der Waals surface area contributed by atoms with Crippen LogP contribution in [-0.4, -0.2) is 77.0 Å². The second-order valence-corrected chi connectivity index (χ2v) is 12.0. The molecule has 4 aromatic rings. The number of aryl methyl sites for hydroxylation is 2. The van der Waals surface area contributed by atoms with Crippen LogP contribution < -0.4 is 25.7 Å². The molecule has 2 aromatic heterocycles. The third-order valence-electron chi connectivity index (χ3n) is 8.19. The lowest BCUT2D eigenvalue weighted by atomic mass is 9.92. The Hall–Kier alpha value is -4.16. The molecule has 2 aromatic carbocycles. The smallest absolute Gasteiger partial charge is 0.260 e. The van der Waals surface area contributed by atoms with Gasteiger partial charge in [-0.25, -0.2) is 4.98 Å². The Morgan fingerprint density at radius 1 is 1.11 bits per heavy atom. The molecule has 0 unspecified atom stereocenters. The highest BCUT2D eigenvalue weighted by molar-refractivity contribution is 6.41. The monoisotopic (exact) mass is 666 g/mol. The Bertz CT molecular complexity index is 1790. The normalized spacial score (nSPS) is 14.6. The average molecular weight is 668 g/mol. The van der Waals surface area contributed by atoms with E-state index in [-0.39, 0.29) is 45.7 Å². The van der Waals surface area contributed by atoms with Crippen LogP contribution in [0.3, 0.4) is 0 Å². The molecule has 1 aliphatic rings. The third kappa shape index (κ3) is 7.13. The molecule has 0 bridgehead atoms. The van der Waals surface area contributed by atoms with Crippen molar-refractivity contribution in [1.29, 1.82) is 0 Å². The number of piperidine rings is 1. The van der Waals surface area contributed by atoms with Crippen LogP contribution in [0.1, 0.15) is 18.4 Å². The van der Waals surface area contributed by atoms with Crippen molar-refractivity contribution in [2.75, 3.05) is 51.5 Å². The lowest BCUT2D eigenvalue weighted by Gasteiger charge is -2.36. The van der Waals surface area contributed by atoms with E-state index in [4.69, 9.17) is 37.7 Å². The molecule has 0 atom stereocenters. The zero-order valence-electron chi connectivity index (χ0n) is 25.9. The van der Waals surface area contributed by atoms with Crippen LogP contribution in [-0.2, 0) is 17.8 Å². The molecule has 46 heavy (non-hydrogen) atoms. The van der Waals surface area contributed by atoms with E-state index in [0.29, 0.717) is 53.4 Å². The second-order valence-electron chi connectivity index (χ2n) is 11.3. The van der Waals surface area contributed by atoms with Crippen LogP contribution in [0.15, 0.2) is 60.0 Å². The molecule has 1 saturated heterocycles. The number of carbonyl (C=O) groups is 1. The molecule has 0 spiro atoms. The summed E-state index contributed by atoms with van der Waals surface area (Å²) < 4.78 is 12.5. The Balaban J connectivity index is 1.56. The molecular weight excluding hydrogens is 631 g/mol. The van der Waals surface area contributed by atoms with Crippen molar-refractivity contribution in [1.82, 2.24) is 19.4 Å². The molecule has 3 N–H and O–H groups in total. The van der Waals surface area contributed by atoms with Crippen molar-refractivity contribution in [2.24, 2.45) is 0 Å². The number of amides is 1. The number of benzene rings is 2. The van der Waals surface area contributed by atoms with Gasteiger partial charge in [0.25, 0.3) is 5.56 Å². The fourth-order valence-corrected chi connectivity index (χ4v) is 6.10. The summed E-state index contributed by atoms with van der Waals surface area (Å²) in [6.07, 6.45) is 4.55. The lowest BCUT2D eigenvalue weighted by molar-refractivity contribution is -0.111. The zero-order valence-corrected chi connectivity index (χ0v) is 27.4. The van der Waals surface area contributed by atoms with E-state index in [2.05, 4.69) is 27.1 Å². The number of nitrogens with zero attached hydrogens (tertiary/aromatic N) is 4. The van der Waals surface area contributed by atoms with Gasteiger partial charge in [0.1, 0.15) is 17.1 Å². The Kier molecular flexibility index (Phi) is 10.2. The van der Waals surface area contributed by atoms with Gasteiger partial charge in [-0.1, -0.05) is 41.9 Å². The molecule has 0 aliphatic carbocycles. The summed E-state index contributed by atoms with van der Waals surface area (Å²) in [5, 5.41) is 17.9. The first kappa shape index (κ1) is 33.2. The number of carbonyl (C=O) groups excluding carboxylic acids is 1. The SMILES string of the molecule is C=CC(=O)Nc1ccc(CCn2c(=O)c(-c3c(Cl)c(OC)cc(OC)c3Cl)cc3cnc(NCC4(O)CCN(C)CC4)nc32)cc1. The topological polar surface area (TPSA) is 131 Å². The molecule has 13 heteroatoms. The summed E-state index contributed by atoms with van der Waals surface area (Å²) in [5.74, 6) is 0.591. The highest BCUT2D eigenvalue weighted by Crippen LogP contribution is 2.45. The van der Waals surface area contributed by atoms with E-state index < -0.39 is 5.60 Å². The maximum absolute atomic E-state index is 14.3. The number of nitrogens with one attached hydrogen (secondary N) is 2. The Morgan fingerprint density at radius 3 is 2.37 bits per heavy atom. The van der Waals surface area contributed by atoms with Crippen molar-refractivity contribution < 1.29 is 19.4 Å². The predicted octanol–water partition coefficient (Wildman–Crippen LogP) is 5.02. The molecule has 11 nitrogen and oxygen atoms in total. The minimum atomic E-state index is -0.884. The lowest BCUT2D eigenvalue weighted by Crippen LogP contribution is -2.47. The second kappa shape index (κ2) is 14.1. The summed E-state index contributed by atoms with van der Waals surface area (Å²) in [5.41, 5.74) is 1.20. The number of likely N-dealkylation sites (tertiary alicyclic amines) is 1. The van der Waals surface area contributed by atoms with E-state index in [1.54, 1.807) is 35.0 Å². The summed E-state index contributed by atoms with van der Waals surface area (Å²) in [7, 11) is 4.97. The molecular formula is C33H36Cl2N6O5. The Morgan fingerprint density at radius 2 is 1.76 bits per heavy atom. The van der Waals surface area contributed by atoms with Gasteiger partial charge in [0, 0.05) is 55.1 Å². The number of pyridine rings is 1. The maximum Gasteiger partial charge on any atom is 0.260 e. The van der Waals surface area contributed by atoms with E-state index in [0.717, 1.165) is 18.7 Å². The van der Waals surface area contributed by atoms with E-state index >= 15 is 0 Å². The van der Waals surface area contributed by atoms with Crippen molar-refractivity contribution in [3.63, 3.8) is 0 Å². The van der Waals surface area contributed by atoms with Crippen LogP contribution in [0.5, 0.6) is 11.5 Å². The largest absolute Gasteiger partial charge is 0.495 e. The van der Waals surface area contributed by atoms with Crippen molar-refractivity contribution >= 4 is 51.8 Å². The third-order valence-corrected chi connectivity index (χ3v) is 8.94. The number of halogens is 2. The highest BCUT2D eigenvalue weighted by Gasteiger charge is 2.31. The van der Waals surface area contributed by atoms with Crippen LogP contribution >= 0.6 is 23.2 Å². The summed E-state index contributed by atoms with van der Waals surface area (Å²) in [4.78, 5) is 37.4. The van der Waals surface area contributed by atoms with Crippen molar-refractivity contribution in [3.05, 3.63) is 81.2 Å². The summed E-state index contributed by atoms with van der Waals surface area (Å²) in [6, 6.07) is 10.5. The van der Waals surface area contributed by atoms with Gasteiger partial charge in [-0.2, -0.15) is 4.98 Å². The average Bonchev–Trinajstić information content (AvgIpc) is 3.06. The molecule has 242 valence electrons. The van der Waals surface area contributed by atoms with E-state index in [1.165, 1.54) is 20.3 Å². The number of fused-ring (bicyclic) bond motifs is 1. The number of anilines is 2. The van der Waals surface area contributed by atoms with Gasteiger partial charge >= 0.3 is 0 Å². The molecule has 0 saturated carbocycles. The number of rotatable bonds is 11.